The fourth-order valence-corrected chi connectivity index (χ4v) is 1.06. The van der Waals surface area contributed by atoms with E-state index in [9.17, 15) is 0 Å². The Morgan fingerprint density at radius 3 is 2.33 bits per heavy atom. The molecule has 0 saturated carbocycles. The van der Waals surface area contributed by atoms with Crippen LogP contribution in [0.15, 0.2) is 60.9 Å². The van der Waals surface area contributed by atoms with Crippen LogP contribution in [0.4, 0.5) is 0 Å². The Morgan fingerprint density at radius 1 is 1.33 bits per heavy atom. The summed E-state index contributed by atoms with van der Waals surface area (Å²) in [7, 11) is 0. The average molecular weight is 245 g/mol. The van der Waals surface area contributed by atoms with E-state index in [1.165, 1.54) is 5.57 Å². The molecule has 0 unspecified atom stereocenters. The van der Waals surface area contributed by atoms with Gasteiger partial charge in [0.25, 0.3) is 0 Å². The van der Waals surface area contributed by atoms with Crippen LogP contribution in [-0.4, -0.2) is 4.98 Å². The van der Waals surface area contributed by atoms with Crippen LogP contribution < -0.4 is 0 Å². The van der Waals surface area contributed by atoms with Gasteiger partial charge in [-0.3, -0.25) is 4.98 Å². The molecule has 18 heavy (non-hydrogen) atoms. The lowest BCUT2D eigenvalue weighted by atomic mass is 10.2. The summed E-state index contributed by atoms with van der Waals surface area (Å²) in [4.78, 5) is 3.98. The fourth-order valence-electron chi connectivity index (χ4n) is 1.06. The highest BCUT2D eigenvalue weighted by Crippen LogP contribution is 1.95. The minimum atomic E-state index is 1.07. The molecule has 100 valence electrons. The first-order valence-electron chi connectivity index (χ1n) is 6.54. The molecule has 1 aromatic heterocycles. The Bertz CT molecular complexity index is 334. The molecule has 0 amide bonds. The zero-order valence-electron chi connectivity index (χ0n) is 12.5. The minimum absolute atomic E-state index is 1.07. The van der Waals surface area contributed by atoms with Gasteiger partial charge in [0.2, 0.25) is 0 Å². The molecule has 0 aliphatic rings. The molecule has 1 rings (SSSR count). The van der Waals surface area contributed by atoms with Gasteiger partial charge in [0.15, 0.2) is 0 Å². The highest BCUT2D eigenvalue weighted by molar-refractivity contribution is 5.18. The van der Waals surface area contributed by atoms with Crippen molar-refractivity contribution in [2.75, 3.05) is 0 Å². The zero-order chi connectivity index (χ0) is 14.2. The first-order valence-corrected chi connectivity index (χ1v) is 6.54. The van der Waals surface area contributed by atoms with Crippen LogP contribution in [0.2, 0.25) is 0 Å². The molecule has 0 fully saturated rings. The number of hydrogen-bond acceptors (Lipinski definition) is 1. The SMILES string of the molecule is C=C/C=C\C(C)=CCC.CC.Cc1ccccn1. The summed E-state index contributed by atoms with van der Waals surface area (Å²) in [6.07, 6.45) is 10.9. The van der Waals surface area contributed by atoms with Gasteiger partial charge in [-0.05, 0) is 32.4 Å². The Hall–Kier alpha value is -1.63. The summed E-state index contributed by atoms with van der Waals surface area (Å²) < 4.78 is 0. The van der Waals surface area contributed by atoms with Crippen LogP contribution in [0.5, 0.6) is 0 Å². The molecule has 0 aromatic carbocycles. The highest BCUT2D eigenvalue weighted by Gasteiger charge is 1.75. The summed E-state index contributed by atoms with van der Waals surface area (Å²) in [6, 6.07) is 5.86. The predicted molar refractivity (Wildman–Crippen MR) is 83.7 cm³/mol. The molecule has 0 saturated heterocycles. The van der Waals surface area contributed by atoms with E-state index in [4.69, 9.17) is 0 Å². The van der Waals surface area contributed by atoms with Crippen molar-refractivity contribution in [3.63, 3.8) is 0 Å². The molecule has 0 bridgehead atoms. The number of nitrogens with zero attached hydrogens (tertiary/aromatic N) is 1. The van der Waals surface area contributed by atoms with Gasteiger partial charge in [-0.15, -0.1) is 0 Å². The Balaban J connectivity index is 0. The van der Waals surface area contributed by atoms with Crippen molar-refractivity contribution < 1.29 is 0 Å². The average Bonchev–Trinajstić information content (AvgIpc) is 2.41. The predicted octanol–water partition coefficient (Wildman–Crippen LogP) is 5.50. The van der Waals surface area contributed by atoms with E-state index < -0.39 is 0 Å². The molecule has 0 spiro atoms. The molecule has 0 atom stereocenters. The van der Waals surface area contributed by atoms with E-state index in [1.807, 2.05) is 45.0 Å². The van der Waals surface area contributed by atoms with Gasteiger partial charge in [0.1, 0.15) is 0 Å². The third-order valence-electron chi connectivity index (χ3n) is 1.83. The van der Waals surface area contributed by atoms with Gasteiger partial charge in [0, 0.05) is 11.9 Å². The minimum Gasteiger partial charge on any atom is -0.262 e. The van der Waals surface area contributed by atoms with E-state index in [1.54, 1.807) is 12.3 Å². The second-order valence-electron chi connectivity index (χ2n) is 3.42. The van der Waals surface area contributed by atoms with Crippen molar-refractivity contribution in [2.24, 2.45) is 0 Å². The van der Waals surface area contributed by atoms with Crippen molar-refractivity contribution in [1.29, 1.82) is 0 Å². The van der Waals surface area contributed by atoms with Crippen molar-refractivity contribution in [3.05, 3.63) is 66.5 Å². The standard InChI is InChI=1S/C9H14.C6H7N.C2H6/c1-4-6-8-9(3)7-5-2;1-6-4-2-3-5-7-6;1-2/h4,6-8H,1,5H2,2-3H3;2-5H,1H3;1-2H3/b8-6-,9-7?;;. The molecule has 0 aliphatic heterocycles. The van der Waals surface area contributed by atoms with E-state index in [2.05, 4.69) is 37.6 Å². The van der Waals surface area contributed by atoms with Gasteiger partial charge >= 0.3 is 0 Å². The van der Waals surface area contributed by atoms with E-state index in [-0.39, 0.29) is 0 Å². The number of allylic oxidation sites excluding steroid dienone is 5. The number of aryl methyl sites for hydroxylation is 1. The first kappa shape index (κ1) is 18.7. The molecule has 1 aromatic rings. The van der Waals surface area contributed by atoms with Crippen molar-refractivity contribution in [3.8, 4) is 0 Å². The van der Waals surface area contributed by atoms with Crippen LogP contribution in [0.1, 0.15) is 39.8 Å². The summed E-state index contributed by atoms with van der Waals surface area (Å²) in [6.45, 7) is 13.8. The van der Waals surface area contributed by atoms with E-state index in [0.29, 0.717) is 0 Å². The third-order valence-corrected chi connectivity index (χ3v) is 1.83. The monoisotopic (exact) mass is 245 g/mol. The topological polar surface area (TPSA) is 12.9 Å². The number of pyridine rings is 1. The first-order chi connectivity index (χ1) is 8.70. The van der Waals surface area contributed by atoms with Gasteiger partial charge in [-0.1, -0.05) is 63.3 Å². The number of hydrogen-bond donors (Lipinski definition) is 0. The van der Waals surface area contributed by atoms with Crippen molar-refractivity contribution in [1.82, 2.24) is 4.98 Å². The summed E-state index contributed by atoms with van der Waals surface area (Å²) in [5.41, 5.74) is 2.37. The second kappa shape index (κ2) is 15.4. The number of rotatable bonds is 3. The van der Waals surface area contributed by atoms with Crippen LogP contribution in [-0.2, 0) is 0 Å². The van der Waals surface area contributed by atoms with Gasteiger partial charge in [0.05, 0.1) is 0 Å². The summed E-state index contributed by atoms with van der Waals surface area (Å²) in [5.74, 6) is 0. The molecule has 0 radical (unpaired) electrons. The number of aromatic nitrogens is 1. The molecular formula is C17H27N. The van der Waals surface area contributed by atoms with Gasteiger partial charge in [-0.2, -0.15) is 0 Å². The van der Waals surface area contributed by atoms with E-state index >= 15 is 0 Å². The normalized spacial score (nSPS) is 9.94. The maximum absolute atomic E-state index is 3.98. The maximum atomic E-state index is 3.98. The molecule has 1 nitrogen and oxygen atoms in total. The molecule has 0 N–H and O–H groups in total. The largest absolute Gasteiger partial charge is 0.262 e. The van der Waals surface area contributed by atoms with Crippen LogP contribution in [0.25, 0.3) is 0 Å². The lowest BCUT2D eigenvalue weighted by Crippen LogP contribution is -1.72. The van der Waals surface area contributed by atoms with Crippen LogP contribution in [0.3, 0.4) is 0 Å². The van der Waals surface area contributed by atoms with Crippen LogP contribution in [0, 0.1) is 6.92 Å². The Morgan fingerprint density at radius 2 is 2.00 bits per heavy atom. The highest BCUT2D eigenvalue weighted by atomic mass is 14.6. The second-order valence-corrected chi connectivity index (χ2v) is 3.42. The van der Waals surface area contributed by atoms with Gasteiger partial charge in [-0.25, -0.2) is 0 Å². The fraction of sp³-hybridized carbons (Fsp3) is 0.353. The Kier molecular flexibility index (Phi) is 16.0. The summed E-state index contributed by atoms with van der Waals surface area (Å²) >= 11 is 0. The lowest BCUT2D eigenvalue weighted by Gasteiger charge is -1.85. The van der Waals surface area contributed by atoms with Crippen molar-refractivity contribution >= 4 is 0 Å². The molecular weight excluding hydrogens is 218 g/mol. The van der Waals surface area contributed by atoms with Gasteiger partial charge < -0.3 is 0 Å². The molecule has 1 heteroatoms. The quantitative estimate of drug-likeness (QED) is 0.641. The van der Waals surface area contributed by atoms with Crippen molar-refractivity contribution in [2.45, 2.75) is 41.0 Å². The van der Waals surface area contributed by atoms with Crippen LogP contribution >= 0.6 is 0 Å². The zero-order valence-corrected chi connectivity index (χ0v) is 12.5. The van der Waals surface area contributed by atoms with E-state index in [0.717, 1.165) is 12.1 Å². The smallest absolute Gasteiger partial charge is 0.0372 e. The third kappa shape index (κ3) is 14.4. The summed E-state index contributed by atoms with van der Waals surface area (Å²) in [5, 5.41) is 0. The molecule has 0 aliphatic carbocycles. The maximum Gasteiger partial charge on any atom is 0.0372 e. The Labute approximate surface area is 113 Å². The lowest BCUT2D eigenvalue weighted by molar-refractivity contribution is 1.20. The molecule has 1 heterocycles.